The summed E-state index contributed by atoms with van der Waals surface area (Å²) in [5.41, 5.74) is 0. The average molecular weight is 330 g/mol. The summed E-state index contributed by atoms with van der Waals surface area (Å²) in [6, 6.07) is 3.88. The van der Waals surface area contributed by atoms with E-state index >= 15 is 0 Å². The molecule has 22 heavy (non-hydrogen) atoms. The van der Waals surface area contributed by atoms with Gasteiger partial charge in [0.15, 0.2) is 0 Å². The summed E-state index contributed by atoms with van der Waals surface area (Å²) >= 11 is 0. The van der Waals surface area contributed by atoms with Crippen molar-refractivity contribution >= 4 is 10.0 Å². The molecule has 0 radical (unpaired) electrons. The molecule has 0 aromatic carbocycles. The standard InChI is InChI=1S/C15H26N2O4S/c1-11(2)22(19,20)17-7-6-15(12(3)9-17)16-8-13-4-5-14(10-18)21-13/h4-5,11-12,15-16,18H,6-10H2,1-3H3/t12-,15-/m0/s1. The van der Waals surface area contributed by atoms with Gasteiger partial charge in [0.2, 0.25) is 10.0 Å². The van der Waals surface area contributed by atoms with Gasteiger partial charge in [0.1, 0.15) is 18.1 Å². The zero-order valence-electron chi connectivity index (χ0n) is 13.4. The predicted octanol–water partition coefficient (Wildman–Crippen LogP) is 1.31. The van der Waals surface area contributed by atoms with Crippen LogP contribution in [0.2, 0.25) is 0 Å². The first-order valence-electron chi connectivity index (χ1n) is 7.75. The third kappa shape index (κ3) is 3.90. The zero-order chi connectivity index (χ0) is 16.3. The number of sulfonamides is 1. The Morgan fingerprint density at radius 3 is 2.64 bits per heavy atom. The number of aliphatic hydroxyl groups excluding tert-OH is 1. The van der Waals surface area contributed by atoms with Gasteiger partial charge in [-0.05, 0) is 38.3 Å². The monoisotopic (exact) mass is 330 g/mol. The molecule has 1 aromatic heterocycles. The molecule has 2 heterocycles. The Morgan fingerprint density at radius 1 is 1.41 bits per heavy atom. The fourth-order valence-electron chi connectivity index (χ4n) is 2.77. The molecular weight excluding hydrogens is 304 g/mol. The van der Waals surface area contributed by atoms with Crippen molar-refractivity contribution in [2.45, 2.75) is 51.6 Å². The van der Waals surface area contributed by atoms with Gasteiger partial charge < -0.3 is 14.8 Å². The molecule has 126 valence electrons. The van der Waals surface area contributed by atoms with Crippen LogP contribution >= 0.6 is 0 Å². The lowest BCUT2D eigenvalue weighted by atomic mass is 9.95. The van der Waals surface area contributed by atoms with E-state index in [-0.39, 0.29) is 23.8 Å². The van der Waals surface area contributed by atoms with Crippen LogP contribution in [0.15, 0.2) is 16.5 Å². The molecule has 6 nitrogen and oxygen atoms in total. The molecule has 0 amide bonds. The third-order valence-electron chi connectivity index (χ3n) is 4.24. The van der Waals surface area contributed by atoms with Gasteiger partial charge in [-0.25, -0.2) is 12.7 Å². The van der Waals surface area contributed by atoms with Gasteiger partial charge in [0.25, 0.3) is 0 Å². The predicted molar refractivity (Wildman–Crippen MR) is 84.7 cm³/mol. The van der Waals surface area contributed by atoms with E-state index < -0.39 is 10.0 Å². The van der Waals surface area contributed by atoms with E-state index in [9.17, 15) is 8.42 Å². The molecule has 0 bridgehead atoms. The highest BCUT2D eigenvalue weighted by molar-refractivity contribution is 7.89. The summed E-state index contributed by atoms with van der Waals surface area (Å²) in [7, 11) is -3.16. The van der Waals surface area contributed by atoms with Crippen molar-refractivity contribution in [1.29, 1.82) is 0 Å². The highest BCUT2D eigenvalue weighted by Crippen LogP contribution is 2.22. The molecule has 2 rings (SSSR count). The van der Waals surface area contributed by atoms with Crippen molar-refractivity contribution in [3.63, 3.8) is 0 Å². The van der Waals surface area contributed by atoms with Crippen LogP contribution in [0.4, 0.5) is 0 Å². The van der Waals surface area contributed by atoms with Crippen LogP contribution in [0.25, 0.3) is 0 Å². The first-order chi connectivity index (χ1) is 10.3. The molecule has 7 heteroatoms. The first kappa shape index (κ1) is 17.5. The maximum atomic E-state index is 12.2. The number of aliphatic hydroxyl groups is 1. The van der Waals surface area contributed by atoms with Crippen molar-refractivity contribution in [2.75, 3.05) is 13.1 Å². The minimum atomic E-state index is -3.16. The Bertz CT molecular complexity index is 582. The van der Waals surface area contributed by atoms with Crippen LogP contribution in [0.1, 0.15) is 38.7 Å². The van der Waals surface area contributed by atoms with Gasteiger partial charge in [-0.2, -0.15) is 0 Å². The fourth-order valence-corrected chi connectivity index (χ4v) is 4.17. The zero-order valence-corrected chi connectivity index (χ0v) is 14.3. The van der Waals surface area contributed by atoms with Crippen molar-refractivity contribution in [1.82, 2.24) is 9.62 Å². The molecule has 0 unspecified atom stereocenters. The molecular formula is C15H26N2O4S. The van der Waals surface area contributed by atoms with Crippen LogP contribution in [0, 0.1) is 5.92 Å². The summed E-state index contributed by atoms with van der Waals surface area (Å²) in [4.78, 5) is 0. The van der Waals surface area contributed by atoms with Gasteiger partial charge in [0.05, 0.1) is 11.8 Å². The summed E-state index contributed by atoms with van der Waals surface area (Å²) in [5, 5.41) is 12.0. The third-order valence-corrected chi connectivity index (χ3v) is 6.48. The van der Waals surface area contributed by atoms with Crippen molar-refractivity contribution in [3.8, 4) is 0 Å². The van der Waals surface area contributed by atoms with Crippen LogP contribution in [-0.2, 0) is 23.2 Å². The van der Waals surface area contributed by atoms with E-state index in [1.807, 2.05) is 6.07 Å². The Labute approximate surface area is 132 Å². The van der Waals surface area contributed by atoms with Crippen LogP contribution < -0.4 is 5.32 Å². The smallest absolute Gasteiger partial charge is 0.216 e. The molecule has 1 aromatic rings. The van der Waals surface area contributed by atoms with E-state index in [4.69, 9.17) is 9.52 Å². The summed E-state index contributed by atoms with van der Waals surface area (Å²) in [6.45, 7) is 7.12. The summed E-state index contributed by atoms with van der Waals surface area (Å²) in [6.07, 6.45) is 0.792. The summed E-state index contributed by atoms with van der Waals surface area (Å²) in [5.74, 6) is 1.59. The number of piperidine rings is 1. The van der Waals surface area contributed by atoms with Gasteiger partial charge in [-0.15, -0.1) is 0 Å². The fraction of sp³-hybridized carbons (Fsp3) is 0.733. The number of furan rings is 1. The van der Waals surface area contributed by atoms with Crippen molar-refractivity contribution < 1.29 is 17.9 Å². The SMILES string of the molecule is CC(C)S(=O)(=O)N1CC[C@H](NCc2ccc(CO)o2)[C@@H](C)C1. The molecule has 2 atom stereocenters. The van der Waals surface area contributed by atoms with E-state index in [0.717, 1.165) is 12.2 Å². The average Bonchev–Trinajstić information content (AvgIpc) is 2.93. The lowest BCUT2D eigenvalue weighted by Gasteiger charge is -2.37. The molecule has 2 N–H and O–H groups in total. The minimum Gasteiger partial charge on any atom is -0.462 e. The topological polar surface area (TPSA) is 82.8 Å². The number of hydrogen-bond acceptors (Lipinski definition) is 5. The van der Waals surface area contributed by atoms with Crippen LogP contribution in [-0.4, -0.2) is 42.2 Å². The Hall–Kier alpha value is -0.890. The maximum absolute atomic E-state index is 12.2. The highest BCUT2D eigenvalue weighted by Gasteiger charge is 2.33. The quantitative estimate of drug-likeness (QED) is 0.822. The lowest BCUT2D eigenvalue weighted by Crippen LogP contribution is -2.51. The van der Waals surface area contributed by atoms with Gasteiger partial charge >= 0.3 is 0 Å². The second kappa shape index (κ2) is 7.12. The molecule has 0 spiro atoms. The Kier molecular flexibility index (Phi) is 5.65. The molecule has 0 saturated carbocycles. The molecule has 1 aliphatic rings. The molecule has 1 fully saturated rings. The van der Waals surface area contributed by atoms with Crippen molar-refractivity contribution in [2.24, 2.45) is 5.92 Å². The molecule has 1 aliphatic heterocycles. The van der Waals surface area contributed by atoms with E-state index in [0.29, 0.717) is 25.4 Å². The lowest BCUT2D eigenvalue weighted by molar-refractivity contribution is 0.211. The summed E-state index contributed by atoms with van der Waals surface area (Å²) < 4.78 is 31.5. The number of rotatable bonds is 6. The number of nitrogens with one attached hydrogen (secondary N) is 1. The number of hydrogen-bond donors (Lipinski definition) is 2. The minimum absolute atomic E-state index is 0.0954. The van der Waals surface area contributed by atoms with Crippen LogP contribution in [0.5, 0.6) is 0 Å². The van der Waals surface area contributed by atoms with Crippen LogP contribution in [0.3, 0.4) is 0 Å². The van der Waals surface area contributed by atoms with E-state index in [1.54, 1.807) is 24.2 Å². The van der Waals surface area contributed by atoms with E-state index in [1.165, 1.54) is 0 Å². The molecule has 1 saturated heterocycles. The second-order valence-corrected chi connectivity index (χ2v) is 8.72. The normalized spacial score (nSPS) is 24.0. The highest BCUT2D eigenvalue weighted by atomic mass is 32.2. The largest absolute Gasteiger partial charge is 0.462 e. The van der Waals surface area contributed by atoms with Gasteiger partial charge in [0, 0.05) is 19.1 Å². The Balaban J connectivity index is 1.88. The van der Waals surface area contributed by atoms with E-state index in [2.05, 4.69) is 12.2 Å². The van der Waals surface area contributed by atoms with Gasteiger partial charge in [-0.3, -0.25) is 0 Å². The second-order valence-electron chi connectivity index (χ2n) is 6.23. The number of nitrogens with zero attached hydrogens (tertiary/aromatic N) is 1. The first-order valence-corrected chi connectivity index (χ1v) is 9.25. The molecule has 0 aliphatic carbocycles. The maximum Gasteiger partial charge on any atom is 0.216 e. The van der Waals surface area contributed by atoms with Gasteiger partial charge in [-0.1, -0.05) is 6.92 Å². The van der Waals surface area contributed by atoms with Crippen molar-refractivity contribution in [3.05, 3.63) is 23.7 Å². The Morgan fingerprint density at radius 2 is 2.09 bits per heavy atom.